The molecule has 0 N–H and O–H groups in total. The molecule has 0 saturated carbocycles. The first-order valence-corrected chi connectivity index (χ1v) is 7.01. The second kappa shape index (κ2) is 5.97. The number of thiazole rings is 1. The Hall–Kier alpha value is -1.40. The van der Waals surface area contributed by atoms with Gasteiger partial charge in [-0.1, -0.05) is 15.9 Å². The van der Waals surface area contributed by atoms with Crippen LogP contribution in [-0.4, -0.2) is 17.3 Å². The van der Waals surface area contributed by atoms with E-state index in [1.165, 1.54) is 11.3 Å². The van der Waals surface area contributed by atoms with E-state index in [1.54, 1.807) is 6.92 Å². The molecule has 94 valence electrons. The maximum Gasteiger partial charge on any atom is 0.436 e. The third-order valence-electron chi connectivity index (χ3n) is 2.15. The van der Waals surface area contributed by atoms with Gasteiger partial charge in [-0.25, -0.2) is 4.79 Å². The Kier molecular flexibility index (Phi) is 4.33. The monoisotopic (exact) mass is 326 g/mol. The van der Waals surface area contributed by atoms with E-state index in [2.05, 4.69) is 20.9 Å². The van der Waals surface area contributed by atoms with Crippen molar-refractivity contribution >= 4 is 33.4 Å². The predicted octanol–water partition coefficient (Wildman–Crippen LogP) is 3.36. The standard InChI is InChI=1S/C12H11BrN2O2S/c1-2-17-12(16)14-11-15(7-8-18-11)10-5-3-9(13)4-6-10/h3-8H,2H2,1H3. The van der Waals surface area contributed by atoms with Crippen molar-refractivity contribution in [1.82, 2.24) is 4.57 Å². The topological polar surface area (TPSA) is 43.6 Å². The van der Waals surface area contributed by atoms with Crippen LogP contribution < -0.4 is 4.80 Å². The lowest BCUT2D eigenvalue weighted by atomic mass is 10.3. The molecule has 1 amide bonds. The second-order valence-electron chi connectivity index (χ2n) is 3.34. The Balaban J connectivity index is 2.39. The quantitative estimate of drug-likeness (QED) is 0.849. The van der Waals surface area contributed by atoms with E-state index in [1.807, 2.05) is 40.4 Å². The predicted molar refractivity (Wildman–Crippen MR) is 73.9 cm³/mol. The van der Waals surface area contributed by atoms with Gasteiger partial charge in [0.25, 0.3) is 0 Å². The second-order valence-corrected chi connectivity index (χ2v) is 5.13. The third kappa shape index (κ3) is 3.08. The normalized spacial score (nSPS) is 11.6. The van der Waals surface area contributed by atoms with Gasteiger partial charge in [-0.15, -0.1) is 16.3 Å². The first-order valence-electron chi connectivity index (χ1n) is 5.34. The van der Waals surface area contributed by atoms with Crippen LogP contribution in [0, 0.1) is 0 Å². The molecule has 1 aromatic carbocycles. The van der Waals surface area contributed by atoms with E-state index in [4.69, 9.17) is 4.74 Å². The van der Waals surface area contributed by atoms with Crippen molar-refractivity contribution in [3.8, 4) is 5.69 Å². The largest absolute Gasteiger partial charge is 0.448 e. The number of amides is 1. The van der Waals surface area contributed by atoms with E-state index in [-0.39, 0.29) is 0 Å². The first kappa shape index (κ1) is 13.0. The van der Waals surface area contributed by atoms with Crippen molar-refractivity contribution in [2.75, 3.05) is 6.61 Å². The maximum absolute atomic E-state index is 11.3. The van der Waals surface area contributed by atoms with Crippen molar-refractivity contribution in [1.29, 1.82) is 0 Å². The minimum Gasteiger partial charge on any atom is -0.448 e. The SMILES string of the molecule is CCOC(=O)N=c1sccn1-c1ccc(Br)cc1. The average Bonchev–Trinajstić information content (AvgIpc) is 2.78. The number of carbonyl (C=O) groups excluding carboxylic acids is 1. The fourth-order valence-corrected chi connectivity index (χ4v) is 2.36. The maximum atomic E-state index is 11.3. The van der Waals surface area contributed by atoms with Gasteiger partial charge in [0.2, 0.25) is 4.80 Å². The summed E-state index contributed by atoms with van der Waals surface area (Å²) in [6, 6.07) is 7.77. The van der Waals surface area contributed by atoms with Crippen LogP contribution in [0.3, 0.4) is 0 Å². The zero-order valence-corrected chi connectivity index (χ0v) is 12.1. The minimum atomic E-state index is -0.564. The number of carbonyl (C=O) groups is 1. The molecule has 2 aromatic rings. The lowest BCUT2D eigenvalue weighted by molar-refractivity contribution is 0.162. The number of benzene rings is 1. The summed E-state index contributed by atoms with van der Waals surface area (Å²) in [5.41, 5.74) is 0.947. The summed E-state index contributed by atoms with van der Waals surface area (Å²) >= 11 is 4.77. The summed E-state index contributed by atoms with van der Waals surface area (Å²) in [6.07, 6.45) is 1.30. The Morgan fingerprint density at radius 1 is 1.44 bits per heavy atom. The molecule has 0 atom stereocenters. The molecule has 2 rings (SSSR count). The average molecular weight is 327 g/mol. The molecule has 0 saturated heterocycles. The first-order chi connectivity index (χ1) is 8.70. The molecule has 6 heteroatoms. The van der Waals surface area contributed by atoms with Gasteiger partial charge in [-0.2, -0.15) is 0 Å². The number of hydrogen-bond donors (Lipinski definition) is 0. The molecule has 0 spiro atoms. The highest BCUT2D eigenvalue weighted by molar-refractivity contribution is 9.10. The molecule has 0 bridgehead atoms. The number of aromatic nitrogens is 1. The Morgan fingerprint density at radius 2 is 2.17 bits per heavy atom. The molecule has 0 radical (unpaired) electrons. The van der Waals surface area contributed by atoms with Crippen LogP contribution in [0.15, 0.2) is 45.3 Å². The van der Waals surface area contributed by atoms with Gasteiger partial charge in [0.15, 0.2) is 0 Å². The molecule has 1 aromatic heterocycles. The molecule has 0 fully saturated rings. The number of halogens is 1. The summed E-state index contributed by atoms with van der Waals surface area (Å²) in [5, 5.41) is 1.88. The lowest BCUT2D eigenvalue weighted by Crippen LogP contribution is -2.14. The van der Waals surface area contributed by atoms with Crippen molar-refractivity contribution in [2.24, 2.45) is 4.99 Å². The van der Waals surface area contributed by atoms with Gasteiger partial charge in [0.05, 0.1) is 6.61 Å². The van der Waals surface area contributed by atoms with Crippen molar-refractivity contribution in [3.63, 3.8) is 0 Å². The summed E-state index contributed by atoms with van der Waals surface area (Å²) < 4.78 is 7.65. The van der Waals surface area contributed by atoms with Crippen LogP contribution in [-0.2, 0) is 4.74 Å². The van der Waals surface area contributed by atoms with Crippen LogP contribution in [0.25, 0.3) is 5.69 Å². The highest BCUT2D eigenvalue weighted by atomic mass is 79.9. The third-order valence-corrected chi connectivity index (χ3v) is 3.43. The Morgan fingerprint density at radius 3 is 2.83 bits per heavy atom. The number of nitrogens with zero attached hydrogens (tertiary/aromatic N) is 2. The summed E-state index contributed by atoms with van der Waals surface area (Å²) in [5.74, 6) is 0. The zero-order chi connectivity index (χ0) is 13.0. The van der Waals surface area contributed by atoms with E-state index in [0.717, 1.165) is 10.2 Å². The Labute approximate surface area is 117 Å². The Bertz CT molecular complexity index is 601. The zero-order valence-electron chi connectivity index (χ0n) is 9.67. The van der Waals surface area contributed by atoms with Crippen LogP contribution in [0.4, 0.5) is 4.79 Å². The fourth-order valence-electron chi connectivity index (χ4n) is 1.38. The lowest BCUT2D eigenvalue weighted by Gasteiger charge is -2.02. The van der Waals surface area contributed by atoms with Gasteiger partial charge in [-0.3, -0.25) is 4.57 Å². The minimum absolute atomic E-state index is 0.325. The highest BCUT2D eigenvalue weighted by Gasteiger charge is 2.02. The van der Waals surface area contributed by atoms with Gasteiger partial charge in [0, 0.05) is 21.7 Å². The summed E-state index contributed by atoms with van der Waals surface area (Å²) in [4.78, 5) is 15.9. The van der Waals surface area contributed by atoms with Gasteiger partial charge < -0.3 is 4.74 Å². The smallest absolute Gasteiger partial charge is 0.436 e. The van der Waals surface area contributed by atoms with Gasteiger partial charge in [-0.05, 0) is 31.2 Å². The molecule has 0 aliphatic heterocycles. The van der Waals surface area contributed by atoms with Gasteiger partial charge >= 0.3 is 6.09 Å². The van der Waals surface area contributed by atoms with Crippen molar-refractivity contribution in [3.05, 3.63) is 45.1 Å². The van der Waals surface area contributed by atoms with E-state index < -0.39 is 6.09 Å². The highest BCUT2D eigenvalue weighted by Crippen LogP contribution is 2.13. The summed E-state index contributed by atoms with van der Waals surface area (Å²) in [6.45, 7) is 2.08. The number of ether oxygens (including phenoxy) is 1. The molecule has 0 unspecified atom stereocenters. The molecule has 0 aliphatic carbocycles. The van der Waals surface area contributed by atoms with E-state index in [0.29, 0.717) is 11.4 Å². The van der Waals surface area contributed by atoms with Crippen molar-refractivity contribution < 1.29 is 9.53 Å². The molecule has 0 aliphatic rings. The number of hydrogen-bond acceptors (Lipinski definition) is 3. The van der Waals surface area contributed by atoms with Crippen LogP contribution in [0.1, 0.15) is 6.92 Å². The fraction of sp³-hybridized carbons (Fsp3) is 0.167. The van der Waals surface area contributed by atoms with Gasteiger partial charge in [0.1, 0.15) is 0 Å². The molecular formula is C12H11BrN2O2S. The van der Waals surface area contributed by atoms with Crippen LogP contribution >= 0.6 is 27.3 Å². The summed E-state index contributed by atoms with van der Waals surface area (Å²) in [7, 11) is 0. The molecular weight excluding hydrogens is 316 g/mol. The molecule has 18 heavy (non-hydrogen) atoms. The van der Waals surface area contributed by atoms with E-state index in [9.17, 15) is 4.79 Å². The van der Waals surface area contributed by atoms with Crippen molar-refractivity contribution in [2.45, 2.75) is 6.92 Å². The van der Waals surface area contributed by atoms with E-state index >= 15 is 0 Å². The van der Waals surface area contributed by atoms with Crippen LogP contribution in [0.2, 0.25) is 0 Å². The molecule has 4 nitrogen and oxygen atoms in total. The van der Waals surface area contributed by atoms with Crippen LogP contribution in [0.5, 0.6) is 0 Å². The number of rotatable bonds is 2. The molecule has 1 heterocycles.